The van der Waals surface area contributed by atoms with E-state index in [1.807, 2.05) is 11.8 Å². The lowest BCUT2D eigenvalue weighted by atomic mass is 9.94. The van der Waals surface area contributed by atoms with Gasteiger partial charge in [-0.25, -0.2) is 0 Å². The molecular weight excluding hydrogens is 217 g/mol. The van der Waals surface area contributed by atoms with E-state index < -0.39 is 0 Å². The SMILES string of the molecule is CC[C@H](Cl)C(=O)N1CCC(CCF)CC1. The van der Waals surface area contributed by atoms with Gasteiger partial charge in [0, 0.05) is 13.1 Å². The molecule has 0 aromatic carbocycles. The van der Waals surface area contributed by atoms with Crippen molar-refractivity contribution in [2.24, 2.45) is 5.92 Å². The maximum Gasteiger partial charge on any atom is 0.240 e. The van der Waals surface area contributed by atoms with Crippen molar-refractivity contribution in [3.05, 3.63) is 0 Å². The van der Waals surface area contributed by atoms with Gasteiger partial charge < -0.3 is 4.90 Å². The van der Waals surface area contributed by atoms with Crippen LogP contribution in [0.4, 0.5) is 4.39 Å². The highest BCUT2D eigenvalue weighted by Crippen LogP contribution is 2.21. The zero-order valence-electron chi connectivity index (χ0n) is 9.22. The molecule has 1 amide bonds. The summed E-state index contributed by atoms with van der Waals surface area (Å²) in [5.41, 5.74) is 0. The molecule has 1 saturated heterocycles. The lowest BCUT2D eigenvalue weighted by Gasteiger charge is -2.32. The first-order valence-corrected chi connectivity index (χ1v) is 6.11. The van der Waals surface area contributed by atoms with Crippen molar-refractivity contribution in [1.82, 2.24) is 4.90 Å². The van der Waals surface area contributed by atoms with Crippen LogP contribution in [0.3, 0.4) is 0 Å². The molecule has 0 N–H and O–H groups in total. The van der Waals surface area contributed by atoms with Crippen LogP contribution in [-0.4, -0.2) is 35.9 Å². The number of carbonyl (C=O) groups is 1. The summed E-state index contributed by atoms with van der Waals surface area (Å²) < 4.78 is 12.1. The Labute approximate surface area is 95.8 Å². The van der Waals surface area contributed by atoms with Crippen LogP contribution >= 0.6 is 11.6 Å². The van der Waals surface area contributed by atoms with Crippen LogP contribution in [-0.2, 0) is 4.79 Å². The standard InChI is InChI=1S/C11H19ClFNO/c1-2-10(12)11(15)14-7-4-9(3-6-13)5-8-14/h9-10H,2-8H2,1H3/t10-/m0/s1. The molecule has 0 aromatic heterocycles. The highest BCUT2D eigenvalue weighted by atomic mass is 35.5. The van der Waals surface area contributed by atoms with Crippen molar-refractivity contribution in [2.45, 2.75) is 38.0 Å². The maximum absolute atomic E-state index is 12.1. The smallest absolute Gasteiger partial charge is 0.240 e. The Bertz CT molecular complexity index is 205. The van der Waals surface area contributed by atoms with Gasteiger partial charge in [-0.15, -0.1) is 11.6 Å². The Morgan fingerprint density at radius 2 is 2.13 bits per heavy atom. The third-order valence-corrected chi connectivity index (χ3v) is 3.57. The van der Waals surface area contributed by atoms with E-state index in [4.69, 9.17) is 11.6 Å². The van der Waals surface area contributed by atoms with Crippen LogP contribution in [0.25, 0.3) is 0 Å². The summed E-state index contributed by atoms with van der Waals surface area (Å²) in [4.78, 5) is 13.5. The molecule has 0 saturated carbocycles. The van der Waals surface area contributed by atoms with Crippen LogP contribution in [0.5, 0.6) is 0 Å². The second kappa shape index (κ2) is 6.31. The summed E-state index contributed by atoms with van der Waals surface area (Å²) in [6, 6.07) is 0. The summed E-state index contributed by atoms with van der Waals surface area (Å²) in [7, 11) is 0. The highest BCUT2D eigenvalue weighted by molar-refractivity contribution is 6.30. The zero-order valence-corrected chi connectivity index (χ0v) is 9.97. The molecule has 0 bridgehead atoms. The monoisotopic (exact) mass is 235 g/mol. The minimum Gasteiger partial charge on any atom is -0.341 e. The number of halogens is 2. The van der Waals surface area contributed by atoms with Crippen molar-refractivity contribution in [2.75, 3.05) is 19.8 Å². The molecule has 1 atom stereocenters. The number of carbonyl (C=O) groups excluding carboxylic acids is 1. The van der Waals surface area contributed by atoms with E-state index in [9.17, 15) is 9.18 Å². The number of likely N-dealkylation sites (tertiary alicyclic amines) is 1. The second-order valence-electron chi connectivity index (χ2n) is 4.12. The second-order valence-corrected chi connectivity index (χ2v) is 4.65. The summed E-state index contributed by atoms with van der Waals surface area (Å²) in [6.45, 7) is 3.15. The van der Waals surface area contributed by atoms with E-state index in [2.05, 4.69) is 0 Å². The van der Waals surface area contributed by atoms with Gasteiger partial charge in [-0.05, 0) is 31.6 Å². The molecule has 0 radical (unpaired) electrons. The van der Waals surface area contributed by atoms with Crippen molar-refractivity contribution in [3.63, 3.8) is 0 Å². The number of alkyl halides is 2. The van der Waals surface area contributed by atoms with Crippen LogP contribution in [0, 0.1) is 5.92 Å². The van der Waals surface area contributed by atoms with E-state index in [1.165, 1.54) is 0 Å². The third kappa shape index (κ3) is 3.63. The number of hydrogen-bond acceptors (Lipinski definition) is 1. The van der Waals surface area contributed by atoms with E-state index in [1.54, 1.807) is 0 Å². The van der Waals surface area contributed by atoms with E-state index in [0.717, 1.165) is 25.9 Å². The average molecular weight is 236 g/mol. The van der Waals surface area contributed by atoms with Gasteiger partial charge in [0.25, 0.3) is 0 Å². The molecule has 0 spiro atoms. The molecule has 4 heteroatoms. The van der Waals surface area contributed by atoms with Gasteiger partial charge in [0.05, 0.1) is 6.67 Å². The number of rotatable bonds is 4. The zero-order chi connectivity index (χ0) is 11.3. The molecule has 1 rings (SSSR count). The molecule has 15 heavy (non-hydrogen) atoms. The fraction of sp³-hybridized carbons (Fsp3) is 0.909. The summed E-state index contributed by atoms with van der Waals surface area (Å²) in [5.74, 6) is 0.493. The Morgan fingerprint density at radius 1 is 1.53 bits per heavy atom. The number of nitrogens with zero attached hydrogens (tertiary/aromatic N) is 1. The van der Waals surface area contributed by atoms with Gasteiger partial charge in [-0.1, -0.05) is 6.92 Å². The fourth-order valence-electron chi connectivity index (χ4n) is 1.97. The van der Waals surface area contributed by atoms with E-state index in [-0.39, 0.29) is 18.0 Å². The topological polar surface area (TPSA) is 20.3 Å². The number of piperidine rings is 1. The lowest BCUT2D eigenvalue weighted by molar-refractivity contribution is -0.132. The quantitative estimate of drug-likeness (QED) is 0.686. The van der Waals surface area contributed by atoms with Crippen molar-refractivity contribution in [3.8, 4) is 0 Å². The molecule has 0 aromatic rings. The summed E-state index contributed by atoms with van der Waals surface area (Å²) in [5, 5.41) is -0.386. The largest absolute Gasteiger partial charge is 0.341 e. The highest BCUT2D eigenvalue weighted by Gasteiger charge is 2.25. The molecule has 0 aliphatic carbocycles. The van der Waals surface area contributed by atoms with Crippen LogP contribution < -0.4 is 0 Å². The molecular formula is C11H19ClFNO. The third-order valence-electron chi connectivity index (χ3n) is 3.07. The van der Waals surface area contributed by atoms with Crippen molar-refractivity contribution < 1.29 is 9.18 Å². The van der Waals surface area contributed by atoms with Crippen LogP contribution in [0.15, 0.2) is 0 Å². The first-order valence-electron chi connectivity index (χ1n) is 5.67. The molecule has 0 unspecified atom stereocenters. The van der Waals surface area contributed by atoms with Gasteiger partial charge >= 0.3 is 0 Å². The van der Waals surface area contributed by atoms with Crippen LogP contribution in [0.1, 0.15) is 32.6 Å². The molecule has 2 nitrogen and oxygen atoms in total. The molecule has 1 heterocycles. The van der Waals surface area contributed by atoms with E-state index >= 15 is 0 Å². The molecule has 1 aliphatic heterocycles. The minimum absolute atomic E-state index is 0.0397. The van der Waals surface area contributed by atoms with Gasteiger partial charge in [-0.2, -0.15) is 0 Å². The Kier molecular flexibility index (Phi) is 5.37. The number of amides is 1. The van der Waals surface area contributed by atoms with Gasteiger partial charge in [-0.3, -0.25) is 9.18 Å². The molecule has 1 aliphatic rings. The summed E-state index contributed by atoms with van der Waals surface area (Å²) >= 11 is 5.90. The van der Waals surface area contributed by atoms with Gasteiger partial charge in [0.1, 0.15) is 5.38 Å². The van der Waals surface area contributed by atoms with Crippen molar-refractivity contribution in [1.29, 1.82) is 0 Å². The fourth-order valence-corrected chi connectivity index (χ4v) is 2.11. The van der Waals surface area contributed by atoms with Gasteiger partial charge in [0.15, 0.2) is 0 Å². The van der Waals surface area contributed by atoms with Crippen LogP contribution in [0.2, 0.25) is 0 Å². The predicted octanol–water partition coefficient (Wildman–Crippen LogP) is 2.60. The first-order chi connectivity index (χ1) is 7.19. The normalized spacial score (nSPS) is 20.3. The minimum atomic E-state index is -0.386. The molecule has 88 valence electrons. The predicted molar refractivity (Wildman–Crippen MR) is 59.8 cm³/mol. The van der Waals surface area contributed by atoms with Gasteiger partial charge in [0.2, 0.25) is 5.91 Å². The Hall–Kier alpha value is -0.310. The Balaban J connectivity index is 2.33. The van der Waals surface area contributed by atoms with E-state index in [0.29, 0.717) is 18.8 Å². The average Bonchev–Trinajstić information content (AvgIpc) is 2.28. The Morgan fingerprint density at radius 3 is 2.60 bits per heavy atom. The first kappa shape index (κ1) is 12.8. The number of hydrogen-bond donors (Lipinski definition) is 0. The van der Waals surface area contributed by atoms with Crippen molar-refractivity contribution >= 4 is 17.5 Å². The maximum atomic E-state index is 12.1. The summed E-state index contributed by atoms with van der Waals surface area (Å²) in [6.07, 6.45) is 3.15. The lowest BCUT2D eigenvalue weighted by Crippen LogP contribution is -2.42. The molecule has 1 fully saturated rings.